The van der Waals surface area contributed by atoms with Crippen LogP contribution in [-0.2, 0) is 0 Å². The molecule has 0 aliphatic heterocycles. The summed E-state index contributed by atoms with van der Waals surface area (Å²) in [4.78, 5) is 0. The van der Waals surface area contributed by atoms with Gasteiger partial charge in [-0.15, -0.1) is 0 Å². The lowest BCUT2D eigenvalue weighted by Gasteiger charge is -2.03. The van der Waals surface area contributed by atoms with Gasteiger partial charge in [-0.25, -0.2) is 0 Å². The first-order valence-electron chi connectivity index (χ1n) is 7.55. The van der Waals surface area contributed by atoms with Gasteiger partial charge < -0.3 is 4.42 Å². The molecular formula is C21H14O. The summed E-state index contributed by atoms with van der Waals surface area (Å²) in [5.41, 5.74) is 3.16. The van der Waals surface area contributed by atoms with Crippen LogP contribution in [0.4, 0.5) is 0 Å². The van der Waals surface area contributed by atoms with E-state index in [4.69, 9.17) is 4.42 Å². The summed E-state index contributed by atoms with van der Waals surface area (Å²) in [7, 11) is 0. The number of hydrogen-bond acceptors (Lipinski definition) is 1. The van der Waals surface area contributed by atoms with Crippen LogP contribution in [0.3, 0.4) is 0 Å². The van der Waals surface area contributed by atoms with Gasteiger partial charge in [0.2, 0.25) is 0 Å². The van der Waals surface area contributed by atoms with E-state index in [1.807, 2.05) is 0 Å². The fraction of sp³-hybridized carbons (Fsp3) is 0.0476. The zero-order valence-corrected chi connectivity index (χ0v) is 12.3. The molecular weight excluding hydrogens is 268 g/mol. The smallest absolute Gasteiger partial charge is 0.138 e. The van der Waals surface area contributed by atoms with Crippen LogP contribution >= 0.6 is 0 Å². The molecule has 0 bridgehead atoms. The van der Waals surface area contributed by atoms with E-state index in [0.717, 1.165) is 11.2 Å². The lowest BCUT2D eigenvalue weighted by Crippen LogP contribution is -1.79. The van der Waals surface area contributed by atoms with Crippen LogP contribution in [0.15, 0.2) is 71.1 Å². The predicted molar refractivity (Wildman–Crippen MR) is 93.5 cm³/mol. The Morgan fingerprint density at radius 1 is 0.682 bits per heavy atom. The van der Waals surface area contributed by atoms with Crippen LogP contribution in [0.5, 0.6) is 0 Å². The first-order valence-corrected chi connectivity index (χ1v) is 7.55. The Kier molecular flexibility index (Phi) is 2.21. The molecule has 0 aliphatic carbocycles. The third-order valence-electron chi connectivity index (χ3n) is 4.54. The number of rotatable bonds is 0. The number of aryl methyl sites for hydroxylation is 1. The van der Waals surface area contributed by atoms with Crippen LogP contribution < -0.4 is 0 Å². The van der Waals surface area contributed by atoms with Crippen LogP contribution in [0.1, 0.15) is 5.56 Å². The molecule has 104 valence electrons. The largest absolute Gasteiger partial charge is 0.456 e. The van der Waals surface area contributed by atoms with Crippen molar-refractivity contribution in [1.29, 1.82) is 0 Å². The average molecular weight is 282 g/mol. The van der Waals surface area contributed by atoms with Gasteiger partial charge in [0.1, 0.15) is 11.2 Å². The number of hydrogen-bond donors (Lipinski definition) is 0. The van der Waals surface area contributed by atoms with E-state index in [1.54, 1.807) is 0 Å². The summed E-state index contributed by atoms with van der Waals surface area (Å²) >= 11 is 0. The zero-order chi connectivity index (χ0) is 14.7. The Morgan fingerprint density at radius 2 is 1.36 bits per heavy atom. The highest BCUT2D eigenvalue weighted by Gasteiger charge is 2.14. The van der Waals surface area contributed by atoms with Crippen molar-refractivity contribution in [3.63, 3.8) is 0 Å². The second-order valence-electron chi connectivity index (χ2n) is 5.88. The monoisotopic (exact) mass is 282 g/mol. The van der Waals surface area contributed by atoms with Crippen molar-refractivity contribution in [1.82, 2.24) is 0 Å². The number of furan rings is 1. The standard InChI is InChI=1S/C21H14O/c1-13-12-15-7-3-5-9-17(15)20-19-16-8-4-2-6-14(16)10-11-18(19)22-21(13)20/h2-12H,1H3. The predicted octanol–water partition coefficient (Wildman–Crippen LogP) is 6.20. The van der Waals surface area contributed by atoms with Gasteiger partial charge in [-0.1, -0.05) is 54.6 Å². The molecule has 0 unspecified atom stereocenters. The normalized spacial score (nSPS) is 11.9. The molecule has 0 aliphatic rings. The molecule has 1 aromatic heterocycles. The molecule has 0 amide bonds. The van der Waals surface area contributed by atoms with E-state index in [1.165, 1.54) is 37.9 Å². The first kappa shape index (κ1) is 11.8. The summed E-state index contributed by atoms with van der Waals surface area (Å²) in [5.74, 6) is 0. The second-order valence-corrected chi connectivity index (χ2v) is 5.88. The van der Waals surface area contributed by atoms with Crippen LogP contribution in [0.25, 0.3) is 43.5 Å². The van der Waals surface area contributed by atoms with E-state index in [2.05, 4.69) is 73.7 Å². The fourth-order valence-electron chi connectivity index (χ4n) is 3.55. The van der Waals surface area contributed by atoms with Gasteiger partial charge >= 0.3 is 0 Å². The van der Waals surface area contributed by atoms with Gasteiger partial charge in [0.05, 0.1) is 0 Å². The highest BCUT2D eigenvalue weighted by Crippen LogP contribution is 2.39. The fourth-order valence-corrected chi connectivity index (χ4v) is 3.55. The highest BCUT2D eigenvalue weighted by molar-refractivity contribution is 6.26. The molecule has 1 heteroatoms. The van der Waals surface area contributed by atoms with Gasteiger partial charge in [0.25, 0.3) is 0 Å². The number of benzene rings is 4. The third kappa shape index (κ3) is 1.43. The topological polar surface area (TPSA) is 13.1 Å². The molecule has 0 fully saturated rings. The van der Waals surface area contributed by atoms with Gasteiger partial charge in [-0.05, 0) is 46.2 Å². The zero-order valence-electron chi connectivity index (χ0n) is 12.3. The molecule has 0 saturated heterocycles. The summed E-state index contributed by atoms with van der Waals surface area (Å²) in [6, 6.07) is 23.5. The van der Waals surface area contributed by atoms with Gasteiger partial charge in [-0.3, -0.25) is 0 Å². The molecule has 0 saturated carbocycles. The molecule has 4 aromatic carbocycles. The Balaban J connectivity index is 2.20. The minimum atomic E-state index is 0.966. The number of fused-ring (bicyclic) bond motifs is 7. The van der Waals surface area contributed by atoms with E-state index >= 15 is 0 Å². The Bertz CT molecular complexity index is 1180. The lowest BCUT2D eigenvalue weighted by molar-refractivity contribution is 0.666. The van der Waals surface area contributed by atoms with E-state index in [-0.39, 0.29) is 0 Å². The summed E-state index contributed by atoms with van der Waals surface area (Å²) < 4.78 is 6.20. The minimum absolute atomic E-state index is 0.966. The molecule has 5 rings (SSSR count). The molecule has 0 atom stereocenters. The maximum absolute atomic E-state index is 6.20. The Labute approximate surface area is 127 Å². The summed E-state index contributed by atoms with van der Waals surface area (Å²) in [6.07, 6.45) is 0. The Hall–Kier alpha value is -2.80. The SMILES string of the molecule is Cc1cc2ccccc2c2c1oc1ccc3ccccc3c12. The lowest BCUT2D eigenvalue weighted by atomic mass is 9.98. The van der Waals surface area contributed by atoms with Crippen LogP contribution in [-0.4, -0.2) is 0 Å². The molecule has 1 nitrogen and oxygen atoms in total. The van der Waals surface area contributed by atoms with Crippen molar-refractivity contribution in [2.45, 2.75) is 6.92 Å². The van der Waals surface area contributed by atoms with E-state index < -0.39 is 0 Å². The van der Waals surface area contributed by atoms with Crippen molar-refractivity contribution in [2.24, 2.45) is 0 Å². The van der Waals surface area contributed by atoms with Crippen molar-refractivity contribution >= 4 is 43.5 Å². The third-order valence-corrected chi connectivity index (χ3v) is 4.54. The molecule has 0 N–H and O–H groups in total. The van der Waals surface area contributed by atoms with E-state index in [9.17, 15) is 0 Å². The molecule has 22 heavy (non-hydrogen) atoms. The molecule has 0 radical (unpaired) electrons. The highest BCUT2D eigenvalue weighted by atomic mass is 16.3. The van der Waals surface area contributed by atoms with Crippen molar-refractivity contribution < 1.29 is 4.42 Å². The molecule has 5 aromatic rings. The minimum Gasteiger partial charge on any atom is -0.456 e. The van der Waals surface area contributed by atoms with Crippen molar-refractivity contribution in [2.75, 3.05) is 0 Å². The second kappa shape index (κ2) is 4.11. The quantitative estimate of drug-likeness (QED) is 0.329. The van der Waals surface area contributed by atoms with Gasteiger partial charge in [-0.2, -0.15) is 0 Å². The first-order chi connectivity index (χ1) is 10.8. The van der Waals surface area contributed by atoms with Crippen LogP contribution in [0, 0.1) is 6.92 Å². The van der Waals surface area contributed by atoms with Crippen LogP contribution in [0.2, 0.25) is 0 Å². The van der Waals surface area contributed by atoms with Crippen molar-refractivity contribution in [3.8, 4) is 0 Å². The van der Waals surface area contributed by atoms with Crippen molar-refractivity contribution in [3.05, 3.63) is 72.3 Å². The Morgan fingerprint density at radius 3 is 2.18 bits per heavy atom. The maximum Gasteiger partial charge on any atom is 0.138 e. The maximum atomic E-state index is 6.20. The average Bonchev–Trinajstić information content (AvgIpc) is 2.96. The van der Waals surface area contributed by atoms with Gasteiger partial charge in [0, 0.05) is 10.8 Å². The summed E-state index contributed by atoms with van der Waals surface area (Å²) in [5, 5.41) is 7.51. The van der Waals surface area contributed by atoms with E-state index in [0.29, 0.717) is 0 Å². The molecule has 1 heterocycles. The molecule has 0 spiro atoms. The van der Waals surface area contributed by atoms with Gasteiger partial charge in [0.15, 0.2) is 0 Å². The summed E-state index contributed by atoms with van der Waals surface area (Å²) in [6.45, 7) is 2.12.